The van der Waals surface area contributed by atoms with Gasteiger partial charge in [0.15, 0.2) is 0 Å². The van der Waals surface area contributed by atoms with Gasteiger partial charge in [0.25, 0.3) is 0 Å². The third-order valence-electron chi connectivity index (χ3n) is 1.80. The fourth-order valence-electron chi connectivity index (χ4n) is 0.574. The zero-order valence-electron chi connectivity index (χ0n) is 10.3. The highest BCUT2D eigenvalue weighted by molar-refractivity contribution is 7.57. The molecule has 128 valence electrons. The summed E-state index contributed by atoms with van der Waals surface area (Å²) in [5.74, 6) is 0. The molecule has 0 saturated heterocycles. The fraction of sp³-hybridized carbons (Fsp3) is 0.833. The molecular formula is C12H36N2O4P2. The molecular weight excluding hydrogens is 298 g/mol. The highest BCUT2D eigenvalue weighted by Crippen LogP contribution is 2.46. The number of hydrogen-bond donors (Lipinski definition) is 0. The molecule has 8 heteroatoms. The number of hydrogen-bond acceptors (Lipinski definition) is 4. The zero-order valence-corrected chi connectivity index (χ0v) is 12.0. The summed E-state index contributed by atoms with van der Waals surface area (Å²) < 4.78 is 37.5. The molecule has 0 spiro atoms. The van der Waals surface area contributed by atoms with Crippen molar-refractivity contribution < 1.29 is 18.2 Å². The van der Waals surface area contributed by atoms with Crippen molar-refractivity contribution in [3.8, 4) is 0 Å². The van der Waals surface area contributed by atoms with Crippen molar-refractivity contribution in [1.82, 2.24) is 0 Å². The van der Waals surface area contributed by atoms with Crippen LogP contribution in [-0.2, 0) is 18.2 Å². The van der Waals surface area contributed by atoms with Gasteiger partial charge in [-0.05, 0) is 13.4 Å². The fourth-order valence-corrected chi connectivity index (χ4v) is 1.72. The van der Waals surface area contributed by atoms with E-state index in [4.69, 9.17) is 0 Å². The summed E-state index contributed by atoms with van der Waals surface area (Å²) in [6.07, 6.45) is 0.847. The van der Waals surface area contributed by atoms with E-state index in [0.717, 1.165) is 0 Å². The molecule has 0 aliphatic heterocycles. The summed E-state index contributed by atoms with van der Waals surface area (Å²) in [6.45, 7) is 9.77. The van der Waals surface area contributed by atoms with Gasteiger partial charge in [0.1, 0.15) is 0 Å². The molecule has 0 amide bonds. The maximum absolute atomic E-state index is 10.9. The second-order valence-corrected chi connectivity index (χ2v) is 7.67. The van der Waals surface area contributed by atoms with Crippen LogP contribution in [0.5, 0.6) is 0 Å². The minimum Gasteiger partial charge on any atom is -0.316 e. The van der Waals surface area contributed by atoms with Crippen molar-refractivity contribution in [2.75, 3.05) is 26.5 Å². The van der Waals surface area contributed by atoms with Gasteiger partial charge in [-0.25, -0.2) is 9.53 Å². The van der Waals surface area contributed by atoms with Crippen molar-refractivity contribution in [2.45, 2.75) is 43.6 Å². The highest BCUT2D eigenvalue weighted by Gasteiger charge is 2.13. The molecule has 0 aromatic rings. The van der Waals surface area contributed by atoms with Crippen molar-refractivity contribution in [2.24, 2.45) is 9.53 Å². The lowest BCUT2D eigenvalue weighted by molar-refractivity contribution is 0.395. The van der Waals surface area contributed by atoms with Gasteiger partial charge in [-0.2, -0.15) is 0 Å². The van der Waals surface area contributed by atoms with E-state index >= 15 is 0 Å². The normalized spacial score (nSPS) is 13.8. The molecule has 0 aliphatic rings. The van der Waals surface area contributed by atoms with E-state index in [1.807, 2.05) is 0 Å². The molecule has 0 bridgehead atoms. The summed E-state index contributed by atoms with van der Waals surface area (Å²) in [6, 6.07) is 0. The van der Waals surface area contributed by atoms with Crippen LogP contribution in [0, 0.1) is 0 Å². The lowest BCUT2D eigenvalue weighted by Crippen LogP contribution is -1.82. The standard InChI is InChI=1S/2C4H10NO2P.4CH4/c2*1-4-8(6,5-2)7-3;;;;/h2*2,4H2,1,3H3;4*1H4. The molecule has 0 aliphatic carbocycles. The maximum atomic E-state index is 10.9. The van der Waals surface area contributed by atoms with Gasteiger partial charge in [0, 0.05) is 26.5 Å². The first-order chi connectivity index (χ1) is 7.36. The van der Waals surface area contributed by atoms with E-state index in [0.29, 0.717) is 12.3 Å². The van der Waals surface area contributed by atoms with Gasteiger partial charge >= 0.3 is 15.0 Å². The molecule has 0 rings (SSSR count). The number of nitrogens with zero attached hydrogens (tertiary/aromatic N) is 2. The Kier molecular flexibility index (Phi) is 34.4. The molecule has 6 nitrogen and oxygen atoms in total. The van der Waals surface area contributed by atoms with E-state index < -0.39 is 15.0 Å². The van der Waals surface area contributed by atoms with Crippen LogP contribution in [0.25, 0.3) is 0 Å². The lowest BCUT2D eigenvalue weighted by atomic mass is 11.0. The number of rotatable bonds is 6. The quantitative estimate of drug-likeness (QED) is 0.465. The molecule has 0 saturated carbocycles. The van der Waals surface area contributed by atoms with Gasteiger partial charge in [0.05, 0.1) is 0 Å². The second kappa shape index (κ2) is 18.7. The van der Waals surface area contributed by atoms with Crippen LogP contribution in [0.3, 0.4) is 0 Å². The smallest absolute Gasteiger partial charge is 0.313 e. The Hall–Kier alpha value is -0.280. The Bertz CT molecular complexity index is 264. The average molecular weight is 334 g/mol. The third kappa shape index (κ3) is 15.8. The van der Waals surface area contributed by atoms with Crippen LogP contribution >= 0.6 is 15.0 Å². The molecule has 0 N–H and O–H groups in total. The van der Waals surface area contributed by atoms with Gasteiger partial charge in [-0.1, -0.05) is 43.6 Å². The van der Waals surface area contributed by atoms with Crippen molar-refractivity contribution in [3.63, 3.8) is 0 Å². The summed E-state index contributed by atoms with van der Waals surface area (Å²) in [7, 11) is -2.55. The SMILES string of the molecule is C.C.C.C.C=NP(=O)(CC)OC.C=NP(=O)(CC)OC. The first kappa shape index (κ1) is 36.7. The van der Waals surface area contributed by atoms with Crippen LogP contribution in [0.4, 0.5) is 0 Å². The van der Waals surface area contributed by atoms with Crippen LogP contribution in [-0.4, -0.2) is 40.0 Å². The predicted molar refractivity (Wildman–Crippen MR) is 96.3 cm³/mol. The summed E-state index contributed by atoms with van der Waals surface area (Å²) in [4.78, 5) is 0. The van der Waals surface area contributed by atoms with Crippen molar-refractivity contribution in [3.05, 3.63) is 0 Å². The Morgan fingerprint density at radius 2 is 1.00 bits per heavy atom. The Morgan fingerprint density at radius 3 is 1.00 bits per heavy atom. The topological polar surface area (TPSA) is 77.3 Å². The maximum Gasteiger partial charge on any atom is 0.313 e. The largest absolute Gasteiger partial charge is 0.316 e. The summed E-state index contributed by atoms with van der Waals surface area (Å²) in [5, 5.41) is 0. The minimum atomic E-state index is -2.65. The van der Waals surface area contributed by atoms with Crippen molar-refractivity contribution >= 4 is 28.5 Å². The Labute approximate surface area is 127 Å². The van der Waals surface area contributed by atoms with Crippen LogP contribution in [0.2, 0.25) is 0 Å². The van der Waals surface area contributed by atoms with Gasteiger partial charge in [-0.3, -0.25) is 9.13 Å². The van der Waals surface area contributed by atoms with Gasteiger partial charge in [0.2, 0.25) is 0 Å². The van der Waals surface area contributed by atoms with Gasteiger partial charge < -0.3 is 9.05 Å². The highest BCUT2D eigenvalue weighted by atomic mass is 31.2. The van der Waals surface area contributed by atoms with Crippen LogP contribution < -0.4 is 0 Å². The molecule has 0 heterocycles. The van der Waals surface area contributed by atoms with Crippen molar-refractivity contribution in [1.29, 1.82) is 0 Å². The first-order valence-electron chi connectivity index (χ1n) is 4.63. The Balaban J connectivity index is -0.0000000408. The second-order valence-electron chi connectivity index (χ2n) is 2.56. The van der Waals surface area contributed by atoms with E-state index in [1.54, 1.807) is 13.8 Å². The minimum absolute atomic E-state index is 0. The predicted octanol–water partition coefficient (Wildman–Crippen LogP) is 5.64. The average Bonchev–Trinajstić information content (AvgIpc) is 2.37. The van der Waals surface area contributed by atoms with Crippen LogP contribution in [0.15, 0.2) is 9.53 Å². The molecule has 20 heavy (non-hydrogen) atoms. The first-order valence-corrected chi connectivity index (χ1v) is 8.15. The lowest BCUT2D eigenvalue weighted by Gasteiger charge is -2.04. The van der Waals surface area contributed by atoms with Crippen LogP contribution in [0.1, 0.15) is 43.6 Å². The molecule has 0 aromatic carbocycles. The van der Waals surface area contributed by atoms with E-state index in [9.17, 15) is 9.13 Å². The summed E-state index contributed by atoms with van der Waals surface area (Å²) in [5.41, 5.74) is 0. The monoisotopic (exact) mass is 334 g/mol. The molecule has 0 fully saturated rings. The van der Waals surface area contributed by atoms with Gasteiger partial charge in [-0.15, -0.1) is 0 Å². The van der Waals surface area contributed by atoms with E-state index in [2.05, 4.69) is 32.0 Å². The molecule has 0 radical (unpaired) electrons. The summed E-state index contributed by atoms with van der Waals surface area (Å²) >= 11 is 0. The zero-order chi connectivity index (χ0) is 13.2. The van der Waals surface area contributed by atoms with E-state index in [1.165, 1.54) is 14.2 Å². The molecule has 2 atom stereocenters. The molecule has 0 aromatic heterocycles. The molecule has 2 unspecified atom stereocenters. The van der Waals surface area contributed by atoms with E-state index in [-0.39, 0.29) is 29.7 Å². The third-order valence-corrected chi connectivity index (χ3v) is 5.40. The Morgan fingerprint density at radius 1 is 0.800 bits per heavy atom.